The lowest BCUT2D eigenvalue weighted by molar-refractivity contribution is 0.469. The molecular weight excluding hydrogens is 224 g/mol. The molecule has 2 rings (SSSR count). The van der Waals surface area contributed by atoms with E-state index in [0.717, 1.165) is 18.8 Å². The van der Waals surface area contributed by atoms with Gasteiger partial charge in [0.1, 0.15) is 0 Å². The largest absolute Gasteiger partial charge is 0.407 e. The molecule has 1 saturated heterocycles. The van der Waals surface area contributed by atoms with E-state index in [4.69, 9.17) is 4.42 Å². The summed E-state index contributed by atoms with van der Waals surface area (Å²) < 4.78 is 5.59. The van der Waals surface area contributed by atoms with Gasteiger partial charge in [-0.2, -0.15) is 11.8 Å². The van der Waals surface area contributed by atoms with Crippen LogP contribution in [0.15, 0.2) is 4.42 Å². The molecule has 5 nitrogen and oxygen atoms in total. The van der Waals surface area contributed by atoms with Gasteiger partial charge in [0.15, 0.2) is 0 Å². The minimum atomic E-state index is 0.632. The molecular formula is C10H18N4OS. The lowest BCUT2D eigenvalue weighted by atomic mass is 10.3. The molecule has 0 bridgehead atoms. The predicted molar refractivity (Wildman–Crippen MR) is 65.8 cm³/mol. The molecule has 16 heavy (non-hydrogen) atoms. The maximum Gasteiger partial charge on any atom is 0.318 e. The average Bonchev–Trinajstić information content (AvgIpc) is 2.78. The molecule has 0 aromatic carbocycles. The molecule has 1 aliphatic rings. The predicted octanol–water partition coefficient (Wildman–Crippen LogP) is 1.12. The Bertz CT molecular complexity index is 330. The van der Waals surface area contributed by atoms with Crippen LogP contribution in [0.5, 0.6) is 0 Å². The Hall–Kier alpha value is -0.750. The normalized spacial score (nSPS) is 21.4. The van der Waals surface area contributed by atoms with Gasteiger partial charge in [-0.25, -0.2) is 0 Å². The van der Waals surface area contributed by atoms with Crippen molar-refractivity contribution in [2.75, 3.05) is 30.8 Å². The number of anilines is 1. The van der Waals surface area contributed by atoms with Crippen LogP contribution in [0.1, 0.15) is 19.2 Å². The Morgan fingerprint density at radius 3 is 3.19 bits per heavy atom. The molecule has 1 aliphatic heterocycles. The number of nitrogens with zero attached hydrogens (tertiary/aromatic N) is 3. The minimum Gasteiger partial charge on any atom is -0.407 e. The van der Waals surface area contributed by atoms with Gasteiger partial charge < -0.3 is 14.6 Å². The van der Waals surface area contributed by atoms with Gasteiger partial charge in [-0.15, -0.1) is 5.10 Å². The summed E-state index contributed by atoms with van der Waals surface area (Å²) in [6.07, 6.45) is 1.19. The van der Waals surface area contributed by atoms with Crippen LogP contribution in [-0.2, 0) is 6.54 Å². The Morgan fingerprint density at radius 1 is 1.56 bits per heavy atom. The highest BCUT2D eigenvalue weighted by Crippen LogP contribution is 2.24. The number of aromatic nitrogens is 2. The molecule has 1 N–H and O–H groups in total. The Balaban J connectivity index is 1.99. The van der Waals surface area contributed by atoms with Crippen LogP contribution in [0, 0.1) is 0 Å². The molecule has 0 saturated carbocycles. The second-order valence-corrected chi connectivity index (χ2v) is 5.26. The standard InChI is InChI=1S/C10H18N4OS/c1-3-8-7-14(4-5-16-8)10-13-12-9(15-10)6-11-2/h8,11H,3-7H2,1-2H3. The first-order valence-electron chi connectivity index (χ1n) is 5.67. The zero-order chi connectivity index (χ0) is 11.4. The molecule has 0 radical (unpaired) electrons. The second kappa shape index (κ2) is 5.54. The summed E-state index contributed by atoms with van der Waals surface area (Å²) in [5.41, 5.74) is 0. The van der Waals surface area contributed by atoms with Crippen molar-refractivity contribution in [2.24, 2.45) is 0 Å². The summed E-state index contributed by atoms with van der Waals surface area (Å²) in [4.78, 5) is 2.19. The molecule has 2 heterocycles. The van der Waals surface area contributed by atoms with Crippen molar-refractivity contribution in [1.29, 1.82) is 0 Å². The van der Waals surface area contributed by atoms with Crippen LogP contribution in [0.2, 0.25) is 0 Å². The first-order chi connectivity index (χ1) is 7.83. The topological polar surface area (TPSA) is 54.2 Å². The number of hydrogen-bond donors (Lipinski definition) is 1. The zero-order valence-electron chi connectivity index (χ0n) is 9.77. The van der Waals surface area contributed by atoms with Crippen molar-refractivity contribution in [3.8, 4) is 0 Å². The smallest absolute Gasteiger partial charge is 0.318 e. The van der Waals surface area contributed by atoms with Crippen molar-refractivity contribution in [1.82, 2.24) is 15.5 Å². The summed E-state index contributed by atoms with van der Waals surface area (Å²) in [7, 11) is 1.87. The highest BCUT2D eigenvalue weighted by atomic mass is 32.2. The fourth-order valence-corrected chi connectivity index (χ4v) is 2.92. The number of rotatable bonds is 4. The number of hydrogen-bond acceptors (Lipinski definition) is 6. The Kier molecular flexibility index (Phi) is 4.06. The molecule has 0 aliphatic carbocycles. The van der Waals surface area contributed by atoms with Crippen LogP contribution < -0.4 is 10.2 Å². The first-order valence-corrected chi connectivity index (χ1v) is 6.72. The zero-order valence-corrected chi connectivity index (χ0v) is 10.6. The molecule has 1 atom stereocenters. The van der Waals surface area contributed by atoms with Crippen molar-refractivity contribution >= 4 is 17.8 Å². The monoisotopic (exact) mass is 242 g/mol. The quantitative estimate of drug-likeness (QED) is 0.854. The average molecular weight is 242 g/mol. The third-order valence-electron chi connectivity index (χ3n) is 2.65. The minimum absolute atomic E-state index is 0.632. The summed E-state index contributed by atoms with van der Waals surface area (Å²) in [6.45, 7) is 4.87. The first kappa shape index (κ1) is 11.7. The van der Waals surface area contributed by atoms with E-state index >= 15 is 0 Å². The van der Waals surface area contributed by atoms with Gasteiger partial charge in [0, 0.05) is 24.1 Å². The van der Waals surface area contributed by atoms with Gasteiger partial charge in [-0.1, -0.05) is 12.0 Å². The summed E-state index contributed by atoms with van der Waals surface area (Å²) in [5.74, 6) is 1.80. The molecule has 1 fully saturated rings. The van der Waals surface area contributed by atoms with E-state index in [0.29, 0.717) is 23.7 Å². The van der Waals surface area contributed by atoms with Gasteiger partial charge in [0.2, 0.25) is 5.89 Å². The van der Waals surface area contributed by atoms with Gasteiger partial charge >= 0.3 is 6.01 Å². The fraction of sp³-hybridized carbons (Fsp3) is 0.800. The molecule has 90 valence electrons. The maximum atomic E-state index is 5.59. The number of thioether (sulfide) groups is 1. The Morgan fingerprint density at radius 2 is 2.44 bits per heavy atom. The van der Waals surface area contributed by atoms with Crippen LogP contribution in [0.4, 0.5) is 6.01 Å². The van der Waals surface area contributed by atoms with Crippen molar-refractivity contribution in [3.05, 3.63) is 5.89 Å². The van der Waals surface area contributed by atoms with E-state index in [1.807, 2.05) is 18.8 Å². The third kappa shape index (κ3) is 2.68. The van der Waals surface area contributed by atoms with E-state index in [2.05, 4.69) is 27.3 Å². The van der Waals surface area contributed by atoms with Crippen LogP contribution in [0.25, 0.3) is 0 Å². The van der Waals surface area contributed by atoms with Crippen LogP contribution in [-0.4, -0.2) is 41.3 Å². The highest BCUT2D eigenvalue weighted by molar-refractivity contribution is 8.00. The molecule has 6 heteroatoms. The molecule has 0 amide bonds. The van der Waals surface area contributed by atoms with Crippen LogP contribution in [0.3, 0.4) is 0 Å². The van der Waals surface area contributed by atoms with E-state index < -0.39 is 0 Å². The summed E-state index contributed by atoms with van der Waals surface area (Å²) in [6, 6.07) is 0.670. The molecule has 0 spiro atoms. The van der Waals surface area contributed by atoms with Crippen molar-refractivity contribution in [2.45, 2.75) is 25.1 Å². The van der Waals surface area contributed by atoms with E-state index in [1.165, 1.54) is 6.42 Å². The third-order valence-corrected chi connectivity index (χ3v) is 4.02. The SMILES string of the molecule is CCC1CN(c2nnc(CNC)o2)CCS1. The van der Waals surface area contributed by atoms with E-state index in [9.17, 15) is 0 Å². The van der Waals surface area contributed by atoms with E-state index in [1.54, 1.807) is 0 Å². The Labute approximate surface area is 100.0 Å². The lowest BCUT2D eigenvalue weighted by Crippen LogP contribution is -2.37. The maximum absolute atomic E-state index is 5.59. The number of nitrogens with one attached hydrogen (secondary N) is 1. The van der Waals surface area contributed by atoms with Crippen molar-refractivity contribution in [3.63, 3.8) is 0 Å². The summed E-state index contributed by atoms with van der Waals surface area (Å²) in [5, 5.41) is 11.8. The molecule has 1 aromatic heterocycles. The van der Waals surface area contributed by atoms with Gasteiger partial charge in [-0.3, -0.25) is 0 Å². The van der Waals surface area contributed by atoms with Gasteiger partial charge in [0.05, 0.1) is 6.54 Å². The fourth-order valence-electron chi connectivity index (χ4n) is 1.74. The highest BCUT2D eigenvalue weighted by Gasteiger charge is 2.22. The van der Waals surface area contributed by atoms with E-state index in [-0.39, 0.29) is 0 Å². The second-order valence-electron chi connectivity index (χ2n) is 3.86. The molecule has 1 unspecified atom stereocenters. The lowest BCUT2D eigenvalue weighted by Gasteiger charge is -2.30. The summed E-state index contributed by atoms with van der Waals surface area (Å²) >= 11 is 2.03. The van der Waals surface area contributed by atoms with Crippen molar-refractivity contribution < 1.29 is 4.42 Å². The van der Waals surface area contributed by atoms with Gasteiger partial charge in [0.25, 0.3) is 0 Å². The molecule has 1 aromatic rings. The van der Waals surface area contributed by atoms with Gasteiger partial charge in [-0.05, 0) is 13.5 Å². The van der Waals surface area contributed by atoms with Crippen LogP contribution >= 0.6 is 11.8 Å².